The third-order valence-corrected chi connectivity index (χ3v) is 4.17. The second-order valence-electron chi connectivity index (χ2n) is 5.78. The average molecular weight is 356 g/mol. The Hall–Kier alpha value is -0.440. The zero-order chi connectivity index (χ0) is 18.0. The van der Waals surface area contributed by atoms with Gasteiger partial charge < -0.3 is 54.7 Å². The molecule has 10 atom stereocenters. The Kier molecular flexibility index (Phi) is 6.87. The lowest BCUT2D eigenvalue weighted by Crippen LogP contribution is -2.61. The van der Waals surface area contributed by atoms with Crippen molar-refractivity contribution < 1.29 is 54.7 Å². The van der Waals surface area contributed by atoms with Gasteiger partial charge in [-0.15, -0.1) is 0 Å². The van der Waals surface area contributed by atoms with Crippen LogP contribution in [0.15, 0.2) is 0 Å². The van der Waals surface area contributed by atoms with Crippen molar-refractivity contribution in [1.29, 1.82) is 0 Å². The topological polar surface area (TPSA) is 179 Å². The van der Waals surface area contributed by atoms with Gasteiger partial charge in [0.15, 0.2) is 12.6 Å². The molecule has 7 N–H and O–H groups in total. The molecule has 2 rings (SSSR count). The maximum atomic E-state index is 9.91. The van der Waals surface area contributed by atoms with Gasteiger partial charge in [-0.05, 0) is 0 Å². The summed E-state index contributed by atoms with van der Waals surface area (Å²) in [5.74, 6) is 0. The lowest BCUT2D eigenvalue weighted by molar-refractivity contribution is -0.328. The minimum atomic E-state index is -1.60. The summed E-state index contributed by atoms with van der Waals surface area (Å²) < 4.78 is 20.5. The molecule has 0 amide bonds. The zero-order valence-electron chi connectivity index (χ0n) is 13.0. The summed E-state index contributed by atoms with van der Waals surface area (Å²) in [5.41, 5.74) is 0. The molecular formula is C13H24O11. The minimum Gasteiger partial charge on any atom is -0.394 e. The summed E-state index contributed by atoms with van der Waals surface area (Å²) in [4.78, 5) is 0. The highest BCUT2D eigenvalue weighted by molar-refractivity contribution is 4.91. The van der Waals surface area contributed by atoms with Gasteiger partial charge in [-0.1, -0.05) is 0 Å². The molecule has 2 heterocycles. The van der Waals surface area contributed by atoms with Crippen LogP contribution in [0.3, 0.4) is 0 Å². The number of hydrogen-bond acceptors (Lipinski definition) is 11. The van der Waals surface area contributed by atoms with Crippen molar-refractivity contribution in [2.24, 2.45) is 0 Å². The lowest BCUT2D eigenvalue weighted by Gasteiger charge is -2.42. The molecule has 2 aliphatic heterocycles. The third-order valence-electron chi connectivity index (χ3n) is 4.17. The van der Waals surface area contributed by atoms with Crippen molar-refractivity contribution in [3.8, 4) is 0 Å². The van der Waals surface area contributed by atoms with Gasteiger partial charge in [0.25, 0.3) is 0 Å². The molecule has 0 bridgehead atoms. The van der Waals surface area contributed by atoms with E-state index in [1.165, 1.54) is 7.11 Å². The summed E-state index contributed by atoms with van der Waals surface area (Å²) >= 11 is 0. The Bertz CT molecular complexity index is 356. The van der Waals surface area contributed by atoms with E-state index in [9.17, 15) is 30.6 Å². The molecule has 0 aromatic carbocycles. The molecule has 0 saturated carbocycles. The molecule has 0 aliphatic carbocycles. The second-order valence-corrected chi connectivity index (χ2v) is 5.78. The van der Waals surface area contributed by atoms with Crippen molar-refractivity contribution in [2.45, 2.75) is 61.4 Å². The van der Waals surface area contributed by atoms with Gasteiger partial charge in [0.05, 0.1) is 13.2 Å². The van der Waals surface area contributed by atoms with E-state index in [1.807, 2.05) is 0 Å². The van der Waals surface area contributed by atoms with Crippen LogP contribution in [-0.2, 0) is 18.9 Å². The van der Waals surface area contributed by atoms with Crippen LogP contribution in [0.2, 0.25) is 0 Å². The largest absolute Gasteiger partial charge is 0.394 e. The van der Waals surface area contributed by atoms with Gasteiger partial charge in [-0.3, -0.25) is 0 Å². The van der Waals surface area contributed by atoms with Gasteiger partial charge in [-0.25, -0.2) is 0 Å². The number of methoxy groups -OCH3 is 1. The van der Waals surface area contributed by atoms with E-state index in [2.05, 4.69) is 0 Å². The van der Waals surface area contributed by atoms with Crippen molar-refractivity contribution in [3.05, 3.63) is 0 Å². The standard InChI is InChI=1S/C13H24O11/c1-21-12-10(19)9(18)7(16)5(24-12)3-22-13-11(20)8(17)6(15)4(2-14)23-13/h4-20H,2-3H2,1H3/t4-,5-,6+,7-,8+,9+,10-,11-,12+,13-/m1/s1. The average Bonchev–Trinajstić information content (AvgIpc) is 2.58. The van der Waals surface area contributed by atoms with Gasteiger partial charge in [0.1, 0.15) is 48.8 Å². The van der Waals surface area contributed by atoms with Crippen LogP contribution < -0.4 is 0 Å². The molecule has 11 nitrogen and oxygen atoms in total. The predicted molar refractivity (Wildman–Crippen MR) is 73.4 cm³/mol. The Morgan fingerprint density at radius 3 is 1.75 bits per heavy atom. The van der Waals surface area contributed by atoms with Crippen LogP contribution in [0.5, 0.6) is 0 Å². The van der Waals surface area contributed by atoms with Crippen molar-refractivity contribution in [1.82, 2.24) is 0 Å². The molecule has 2 aliphatic rings. The summed E-state index contributed by atoms with van der Waals surface area (Å²) in [5, 5.41) is 67.6. The SMILES string of the molecule is CO[C@H]1O[C@H](CO[C@@H]2O[C@H](CO)[C@H](O)[C@H](O)[C@H]2O)[C@@H](O)[C@H](O)[C@H]1O. The van der Waals surface area contributed by atoms with Crippen LogP contribution in [-0.4, -0.2) is 117 Å². The molecule has 0 spiro atoms. The maximum Gasteiger partial charge on any atom is 0.186 e. The van der Waals surface area contributed by atoms with Gasteiger partial charge in [0, 0.05) is 7.11 Å². The van der Waals surface area contributed by atoms with Crippen LogP contribution in [0, 0.1) is 0 Å². The van der Waals surface area contributed by atoms with E-state index in [4.69, 9.17) is 24.1 Å². The summed E-state index contributed by atoms with van der Waals surface area (Å²) in [6.45, 7) is -0.989. The fourth-order valence-electron chi connectivity index (χ4n) is 2.64. The number of hydrogen-bond donors (Lipinski definition) is 7. The molecule has 0 radical (unpaired) electrons. The van der Waals surface area contributed by atoms with Crippen molar-refractivity contribution >= 4 is 0 Å². The van der Waals surface area contributed by atoms with Crippen LogP contribution in [0.25, 0.3) is 0 Å². The van der Waals surface area contributed by atoms with E-state index >= 15 is 0 Å². The predicted octanol–water partition coefficient (Wildman–Crippen LogP) is -4.74. The highest BCUT2D eigenvalue weighted by Gasteiger charge is 2.47. The molecule has 24 heavy (non-hydrogen) atoms. The monoisotopic (exact) mass is 356 g/mol. The fraction of sp³-hybridized carbons (Fsp3) is 1.00. The Morgan fingerprint density at radius 2 is 1.21 bits per heavy atom. The molecule has 0 unspecified atom stereocenters. The van der Waals surface area contributed by atoms with Crippen LogP contribution in [0.4, 0.5) is 0 Å². The van der Waals surface area contributed by atoms with Crippen molar-refractivity contribution in [2.75, 3.05) is 20.3 Å². The van der Waals surface area contributed by atoms with E-state index in [1.54, 1.807) is 0 Å². The summed E-state index contributed by atoms with van der Waals surface area (Å²) in [6.07, 6.45) is -14.0. The van der Waals surface area contributed by atoms with E-state index in [-0.39, 0.29) is 6.61 Å². The minimum absolute atomic E-state index is 0.381. The molecule has 142 valence electrons. The maximum absolute atomic E-state index is 9.91. The normalized spacial score (nSPS) is 50.0. The zero-order valence-corrected chi connectivity index (χ0v) is 13.0. The van der Waals surface area contributed by atoms with E-state index in [0.717, 1.165) is 0 Å². The first-order chi connectivity index (χ1) is 11.3. The summed E-state index contributed by atoms with van der Waals surface area (Å²) in [6, 6.07) is 0. The lowest BCUT2D eigenvalue weighted by atomic mass is 9.98. The molecular weight excluding hydrogens is 332 g/mol. The van der Waals surface area contributed by atoms with E-state index < -0.39 is 68.0 Å². The smallest absolute Gasteiger partial charge is 0.186 e. The number of ether oxygens (including phenoxy) is 4. The number of aliphatic hydroxyl groups is 7. The Morgan fingerprint density at radius 1 is 0.708 bits per heavy atom. The van der Waals surface area contributed by atoms with Gasteiger partial charge in [0.2, 0.25) is 0 Å². The first-order valence-electron chi connectivity index (χ1n) is 7.46. The van der Waals surface area contributed by atoms with Crippen LogP contribution >= 0.6 is 0 Å². The molecule has 0 aromatic rings. The number of rotatable bonds is 5. The van der Waals surface area contributed by atoms with Gasteiger partial charge >= 0.3 is 0 Å². The fourth-order valence-corrected chi connectivity index (χ4v) is 2.64. The van der Waals surface area contributed by atoms with Gasteiger partial charge in [-0.2, -0.15) is 0 Å². The first kappa shape index (κ1) is 19.9. The van der Waals surface area contributed by atoms with Crippen LogP contribution in [0.1, 0.15) is 0 Å². The molecule has 0 aromatic heterocycles. The van der Waals surface area contributed by atoms with Crippen molar-refractivity contribution in [3.63, 3.8) is 0 Å². The summed E-state index contributed by atoms with van der Waals surface area (Å²) in [7, 11) is 1.24. The quantitative estimate of drug-likeness (QED) is 0.251. The van der Waals surface area contributed by atoms with E-state index in [0.29, 0.717) is 0 Å². The Balaban J connectivity index is 1.96. The second kappa shape index (κ2) is 8.29. The molecule has 2 fully saturated rings. The first-order valence-corrected chi connectivity index (χ1v) is 7.46. The molecule has 2 saturated heterocycles. The highest BCUT2D eigenvalue weighted by atomic mass is 16.7. The highest BCUT2D eigenvalue weighted by Crippen LogP contribution is 2.25. The third kappa shape index (κ3) is 3.86. The number of aliphatic hydroxyl groups excluding tert-OH is 7. The molecule has 11 heteroatoms. The Labute approximate surface area is 137 Å².